The van der Waals surface area contributed by atoms with Crippen molar-refractivity contribution in [3.8, 4) is 0 Å². The van der Waals surface area contributed by atoms with Crippen molar-refractivity contribution in [2.45, 2.75) is 37.6 Å². The molecule has 21 heavy (non-hydrogen) atoms. The Bertz CT molecular complexity index is 670. The third-order valence-corrected chi connectivity index (χ3v) is 4.92. The molecular formula is C18H19ClFN. The third-order valence-electron chi connectivity index (χ3n) is 4.57. The van der Waals surface area contributed by atoms with Gasteiger partial charge in [-0.3, -0.25) is 0 Å². The molecule has 0 heterocycles. The fraction of sp³-hybridized carbons (Fsp3) is 0.333. The molecule has 0 radical (unpaired) electrons. The van der Waals surface area contributed by atoms with Gasteiger partial charge in [0.05, 0.1) is 0 Å². The van der Waals surface area contributed by atoms with Gasteiger partial charge in [-0.2, -0.15) is 0 Å². The zero-order valence-corrected chi connectivity index (χ0v) is 12.8. The summed E-state index contributed by atoms with van der Waals surface area (Å²) in [4.78, 5) is 0. The molecular weight excluding hydrogens is 285 g/mol. The maximum absolute atomic E-state index is 13.2. The van der Waals surface area contributed by atoms with Crippen LogP contribution in [0.3, 0.4) is 0 Å². The van der Waals surface area contributed by atoms with E-state index in [0.717, 1.165) is 18.4 Å². The molecule has 0 amide bonds. The van der Waals surface area contributed by atoms with E-state index in [9.17, 15) is 4.39 Å². The van der Waals surface area contributed by atoms with Crippen LogP contribution in [0.1, 0.15) is 42.4 Å². The summed E-state index contributed by atoms with van der Waals surface area (Å²) in [7, 11) is 0. The van der Waals surface area contributed by atoms with Gasteiger partial charge in [0, 0.05) is 10.6 Å². The minimum absolute atomic E-state index is 0.313. The Morgan fingerprint density at radius 2 is 2.05 bits per heavy atom. The van der Waals surface area contributed by atoms with E-state index in [1.807, 2.05) is 6.07 Å². The normalized spacial score (nSPS) is 24.7. The Labute approximate surface area is 129 Å². The highest BCUT2D eigenvalue weighted by molar-refractivity contribution is 6.31. The van der Waals surface area contributed by atoms with E-state index in [-0.39, 0.29) is 5.82 Å². The molecule has 3 rings (SSSR count). The quantitative estimate of drug-likeness (QED) is 0.849. The van der Waals surface area contributed by atoms with Crippen molar-refractivity contribution in [1.29, 1.82) is 0 Å². The van der Waals surface area contributed by atoms with E-state index in [0.29, 0.717) is 17.4 Å². The molecule has 0 spiro atoms. The number of hydrogen-bond acceptors (Lipinski definition) is 1. The third kappa shape index (κ3) is 2.70. The van der Waals surface area contributed by atoms with Crippen LogP contribution in [0.4, 0.5) is 4.39 Å². The van der Waals surface area contributed by atoms with Gasteiger partial charge in [0.15, 0.2) is 0 Å². The Kier molecular flexibility index (Phi) is 3.76. The molecule has 0 saturated heterocycles. The first-order valence-electron chi connectivity index (χ1n) is 7.32. The summed E-state index contributed by atoms with van der Waals surface area (Å²) in [5.41, 5.74) is 9.72. The number of fused-ring (bicyclic) bond motifs is 1. The van der Waals surface area contributed by atoms with Gasteiger partial charge in [-0.1, -0.05) is 48.9 Å². The van der Waals surface area contributed by atoms with Gasteiger partial charge in [-0.25, -0.2) is 4.39 Å². The van der Waals surface area contributed by atoms with E-state index in [1.165, 1.54) is 23.3 Å². The molecule has 1 aliphatic rings. The second kappa shape index (κ2) is 5.43. The number of hydrogen-bond donors (Lipinski definition) is 1. The van der Waals surface area contributed by atoms with Crippen molar-refractivity contribution in [3.63, 3.8) is 0 Å². The van der Waals surface area contributed by atoms with Gasteiger partial charge in [0.2, 0.25) is 0 Å². The minimum atomic E-state index is -0.426. The molecule has 2 N–H and O–H groups in total. The van der Waals surface area contributed by atoms with E-state index in [4.69, 9.17) is 17.3 Å². The lowest BCUT2D eigenvalue weighted by atomic mass is 9.70. The number of benzene rings is 2. The minimum Gasteiger partial charge on any atom is -0.321 e. The molecule has 1 aliphatic carbocycles. The molecule has 1 nitrogen and oxygen atoms in total. The fourth-order valence-corrected chi connectivity index (χ4v) is 3.57. The van der Waals surface area contributed by atoms with Crippen LogP contribution in [-0.2, 0) is 12.0 Å². The van der Waals surface area contributed by atoms with Crippen molar-refractivity contribution >= 4 is 11.6 Å². The predicted octanol–water partition coefficient (Wildman–Crippen LogP) is 4.77. The summed E-state index contributed by atoms with van der Waals surface area (Å²) in [6.45, 7) is 2.24. The Hall–Kier alpha value is -1.38. The summed E-state index contributed by atoms with van der Waals surface area (Å²) in [6, 6.07) is 12.9. The molecule has 0 aliphatic heterocycles. The molecule has 0 fully saturated rings. The fourth-order valence-electron chi connectivity index (χ4n) is 3.33. The maximum atomic E-state index is 13.2. The van der Waals surface area contributed by atoms with E-state index < -0.39 is 5.54 Å². The largest absolute Gasteiger partial charge is 0.321 e. The zero-order valence-electron chi connectivity index (χ0n) is 12.1. The van der Waals surface area contributed by atoms with Crippen LogP contribution < -0.4 is 5.73 Å². The molecule has 2 unspecified atom stereocenters. The van der Waals surface area contributed by atoms with Crippen LogP contribution >= 0.6 is 11.6 Å². The number of halogens is 2. The van der Waals surface area contributed by atoms with Crippen LogP contribution in [0.2, 0.25) is 5.02 Å². The van der Waals surface area contributed by atoms with Gasteiger partial charge < -0.3 is 5.73 Å². The summed E-state index contributed by atoms with van der Waals surface area (Å²) >= 11 is 6.17. The lowest BCUT2D eigenvalue weighted by Crippen LogP contribution is -2.42. The highest BCUT2D eigenvalue weighted by Gasteiger charge is 2.35. The maximum Gasteiger partial charge on any atom is 0.124 e. The van der Waals surface area contributed by atoms with Crippen molar-refractivity contribution in [3.05, 3.63) is 70.0 Å². The van der Waals surface area contributed by atoms with Crippen LogP contribution in [0.25, 0.3) is 0 Å². The summed E-state index contributed by atoms with van der Waals surface area (Å²) in [5.74, 6) is 0.217. The first-order chi connectivity index (χ1) is 9.99. The first kappa shape index (κ1) is 14.6. The zero-order chi connectivity index (χ0) is 15.0. The van der Waals surface area contributed by atoms with E-state index in [1.54, 1.807) is 6.07 Å². The lowest BCUT2D eigenvalue weighted by molar-refractivity contribution is 0.349. The van der Waals surface area contributed by atoms with Crippen LogP contribution in [-0.4, -0.2) is 0 Å². The van der Waals surface area contributed by atoms with Crippen molar-refractivity contribution in [2.75, 3.05) is 0 Å². The highest BCUT2D eigenvalue weighted by Crippen LogP contribution is 2.42. The highest BCUT2D eigenvalue weighted by atomic mass is 35.5. The van der Waals surface area contributed by atoms with Gasteiger partial charge in [-0.15, -0.1) is 0 Å². The Morgan fingerprint density at radius 1 is 1.29 bits per heavy atom. The second-order valence-electron chi connectivity index (χ2n) is 6.10. The van der Waals surface area contributed by atoms with E-state index >= 15 is 0 Å². The van der Waals surface area contributed by atoms with Crippen LogP contribution in [0.15, 0.2) is 42.5 Å². The second-order valence-corrected chi connectivity index (χ2v) is 6.50. The molecule has 0 aromatic heterocycles. The average Bonchev–Trinajstić information content (AvgIpc) is 2.47. The van der Waals surface area contributed by atoms with Crippen molar-refractivity contribution in [1.82, 2.24) is 0 Å². The SMILES string of the molecule is CC1CCC(N)(Cc2ccc(F)cc2Cl)c2ccccc21. The Morgan fingerprint density at radius 3 is 2.81 bits per heavy atom. The monoisotopic (exact) mass is 303 g/mol. The summed E-state index contributed by atoms with van der Waals surface area (Å²) < 4.78 is 13.2. The molecule has 2 aromatic rings. The number of rotatable bonds is 2. The van der Waals surface area contributed by atoms with Gasteiger partial charge in [-0.05, 0) is 54.0 Å². The molecule has 2 aromatic carbocycles. The summed E-state index contributed by atoms with van der Waals surface area (Å²) in [5, 5.41) is 0.455. The first-order valence-corrected chi connectivity index (χ1v) is 7.69. The smallest absolute Gasteiger partial charge is 0.124 e. The van der Waals surface area contributed by atoms with Crippen LogP contribution in [0.5, 0.6) is 0 Å². The lowest BCUT2D eigenvalue weighted by Gasteiger charge is -2.39. The molecule has 110 valence electrons. The standard InChI is InChI=1S/C18H19ClFN/c1-12-8-9-18(21,16-5-3-2-4-15(12)16)11-13-6-7-14(20)10-17(13)19/h2-7,10,12H,8-9,11,21H2,1H3. The average molecular weight is 304 g/mol. The molecule has 0 saturated carbocycles. The van der Waals surface area contributed by atoms with Gasteiger partial charge in [0.25, 0.3) is 0 Å². The molecule has 3 heteroatoms. The Balaban J connectivity index is 2.00. The van der Waals surface area contributed by atoms with Crippen LogP contribution in [0, 0.1) is 5.82 Å². The topological polar surface area (TPSA) is 26.0 Å². The van der Waals surface area contributed by atoms with Gasteiger partial charge in [0.1, 0.15) is 5.82 Å². The molecule has 2 atom stereocenters. The van der Waals surface area contributed by atoms with Crippen molar-refractivity contribution in [2.24, 2.45) is 5.73 Å². The number of nitrogens with two attached hydrogens (primary N) is 1. The van der Waals surface area contributed by atoms with Gasteiger partial charge >= 0.3 is 0 Å². The van der Waals surface area contributed by atoms with E-state index in [2.05, 4.69) is 25.1 Å². The van der Waals surface area contributed by atoms with Crippen molar-refractivity contribution < 1.29 is 4.39 Å². The summed E-state index contributed by atoms with van der Waals surface area (Å²) in [6.07, 6.45) is 2.61. The molecule has 0 bridgehead atoms. The predicted molar refractivity (Wildman–Crippen MR) is 85.1 cm³/mol.